The number of nitrogens with one attached hydrogen (secondary N) is 1. The van der Waals surface area contributed by atoms with Crippen molar-refractivity contribution < 1.29 is 4.79 Å². The minimum absolute atomic E-state index is 0.0306. The van der Waals surface area contributed by atoms with Crippen molar-refractivity contribution in [2.45, 2.75) is 19.8 Å². The van der Waals surface area contributed by atoms with E-state index in [0.29, 0.717) is 18.7 Å². The number of amides is 1. The quantitative estimate of drug-likeness (QED) is 0.890. The smallest absolute Gasteiger partial charge is 0.225 e. The second-order valence-corrected chi connectivity index (χ2v) is 4.29. The summed E-state index contributed by atoms with van der Waals surface area (Å²) in [6.45, 7) is 1.97. The highest BCUT2D eigenvalue weighted by atomic mass is 16.1. The fourth-order valence-corrected chi connectivity index (χ4v) is 1.67. The van der Waals surface area contributed by atoms with Crippen LogP contribution in [0, 0.1) is 6.92 Å². The monoisotopic (exact) mass is 244 g/mol. The molecule has 5 heteroatoms. The van der Waals surface area contributed by atoms with Gasteiger partial charge in [-0.05, 0) is 36.6 Å². The van der Waals surface area contributed by atoms with Gasteiger partial charge in [0.25, 0.3) is 0 Å². The van der Waals surface area contributed by atoms with Gasteiger partial charge in [0.05, 0.1) is 6.20 Å². The number of carbonyl (C=O) groups excluding carboxylic acids is 1. The summed E-state index contributed by atoms with van der Waals surface area (Å²) in [5, 5.41) is 6.85. The molecule has 5 nitrogen and oxygen atoms in total. The highest BCUT2D eigenvalue weighted by Gasteiger charge is 2.05. The summed E-state index contributed by atoms with van der Waals surface area (Å²) in [6, 6.07) is 3.74. The molecule has 2 heterocycles. The lowest BCUT2D eigenvalue weighted by Gasteiger charge is -2.04. The molecule has 0 fully saturated rings. The van der Waals surface area contributed by atoms with Crippen LogP contribution in [0.5, 0.6) is 0 Å². The first-order valence-electron chi connectivity index (χ1n) is 5.83. The van der Waals surface area contributed by atoms with Crippen molar-refractivity contribution in [3.8, 4) is 0 Å². The number of pyridine rings is 1. The van der Waals surface area contributed by atoms with Gasteiger partial charge in [-0.15, -0.1) is 0 Å². The molecule has 2 aromatic rings. The van der Waals surface area contributed by atoms with Crippen molar-refractivity contribution in [1.29, 1.82) is 0 Å². The van der Waals surface area contributed by atoms with Crippen LogP contribution in [-0.4, -0.2) is 20.7 Å². The van der Waals surface area contributed by atoms with E-state index in [9.17, 15) is 4.79 Å². The van der Waals surface area contributed by atoms with Gasteiger partial charge in [0.2, 0.25) is 5.91 Å². The lowest BCUT2D eigenvalue weighted by molar-refractivity contribution is -0.116. The Bertz CT molecular complexity index is 547. The average molecular weight is 244 g/mol. The Labute approximate surface area is 106 Å². The Morgan fingerprint density at radius 2 is 2.33 bits per heavy atom. The number of anilines is 1. The van der Waals surface area contributed by atoms with Crippen LogP contribution in [0.15, 0.2) is 30.7 Å². The summed E-state index contributed by atoms with van der Waals surface area (Å²) in [5.41, 5.74) is 2.14. The number of hydrogen-bond donors (Lipinski definition) is 1. The molecule has 0 aliphatic heterocycles. The molecule has 2 rings (SSSR count). The van der Waals surface area contributed by atoms with Crippen LogP contribution in [0.4, 0.5) is 5.82 Å². The van der Waals surface area contributed by atoms with Crippen LogP contribution in [0.1, 0.15) is 17.5 Å². The van der Waals surface area contributed by atoms with Crippen LogP contribution in [-0.2, 0) is 18.3 Å². The van der Waals surface area contributed by atoms with Gasteiger partial charge in [-0.25, -0.2) is 4.98 Å². The maximum atomic E-state index is 11.7. The second-order valence-electron chi connectivity index (χ2n) is 4.29. The van der Waals surface area contributed by atoms with Gasteiger partial charge < -0.3 is 5.32 Å². The molecule has 0 aromatic carbocycles. The van der Waals surface area contributed by atoms with E-state index in [4.69, 9.17) is 0 Å². The maximum Gasteiger partial charge on any atom is 0.225 e. The van der Waals surface area contributed by atoms with E-state index in [0.717, 1.165) is 11.1 Å². The molecular formula is C13H16N4O. The summed E-state index contributed by atoms with van der Waals surface area (Å²) in [4.78, 5) is 15.8. The zero-order valence-electron chi connectivity index (χ0n) is 10.6. The largest absolute Gasteiger partial charge is 0.311 e. The molecule has 0 atom stereocenters. The molecule has 94 valence electrons. The van der Waals surface area contributed by atoms with Gasteiger partial charge in [-0.3, -0.25) is 9.48 Å². The van der Waals surface area contributed by atoms with Crippen LogP contribution < -0.4 is 5.32 Å². The topological polar surface area (TPSA) is 59.8 Å². The van der Waals surface area contributed by atoms with E-state index >= 15 is 0 Å². The standard InChI is InChI=1S/C13H16N4O/c1-10-5-6-14-12(7-10)16-13(18)4-3-11-8-15-17(2)9-11/h5-9H,3-4H2,1-2H3,(H,14,16,18). The molecule has 0 aliphatic rings. The van der Waals surface area contributed by atoms with Crippen LogP contribution >= 0.6 is 0 Å². The van der Waals surface area contributed by atoms with Gasteiger partial charge in [-0.1, -0.05) is 0 Å². The number of aryl methyl sites for hydroxylation is 3. The molecule has 1 amide bonds. The van der Waals surface area contributed by atoms with E-state index in [1.165, 1.54) is 0 Å². The molecule has 1 N–H and O–H groups in total. The SMILES string of the molecule is Cc1ccnc(NC(=O)CCc2cnn(C)c2)c1. The number of rotatable bonds is 4. The predicted octanol–water partition coefficient (Wildman–Crippen LogP) is 1.69. The normalized spacial score (nSPS) is 10.3. The number of carbonyl (C=O) groups is 1. The highest BCUT2D eigenvalue weighted by Crippen LogP contribution is 2.07. The molecule has 0 saturated heterocycles. The van der Waals surface area contributed by atoms with Gasteiger partial charge >= 0.3 is 0 Å². The number of aromatic nitrogens is 3. The number of nitrogens with zero attached hydrogens (tertiary/aromatic N) is 3. The van der Waals surface area contributed by atoms with E-state index < -0.39 is 0 Å². The highest BCUT2D eigenvalue weighted by molar-refractivity contribution is 5.89. The van der Waals surface area contributed by atoms with E-state index in [-0.39, 0.29) is 5.91 Å². The Hall–Kier alpha value is -2.17. The van der Waals surface area contributed by atoms with Crippen LogP contribution in [0.25, 0.3) is 0 Å². The minimum Gasteiger partial charge on any atom is -0.311 e. The molecule has 0 aliphatic carbocycles. The Kier molecular flexibility index (Phi) is 3.72. The summed E-state index contributed by atoms with van der Waals surface area (Å²) >= 11 is 0. The summed E-state index contributed by atoms with van der Waals surface area (Å²) in [7, 11) is 1.86. The molecule has 0 radical (unpaired) electrons. The lowest BCUT2D eigenvalue weighted by Crippen LogP contribution is -2.13. The Morgan fingerprint density at radius 1 is 1.50 bits per heavy atom. The Balaban J connectivity index is 1.85. The third kappa shape index (κ3) is 3.41. The van der Waals surface area contributed by atoms with Crippen molar-refractivity contribution >= 4 is 11.7 Å². The molecule has 18 heavy (non-hydrogen) atoms. The average Bonchev–Trinajstić information content (AvgIpc) is 2.73. The van der Waals surface area contributed by atoms with E-state index in [1.54, 1.807) is 17.1 Å². The lowest BCUT2D eigenvalue weighted by atomic mass is 10.2. The molecule has 0 bridgehead atoms. The third-order valence-electron chi connectivity index (χ3n) is 2.58. The first-order valence-corrected chi connectivity index (χ1v) is 5.83. The fourth-order valence-electron chi connectivity index (χ4n) is 1.67. The zero-order valence-corrected chi connectivity index (χ0v) is 10.6. The van der Waals surface area contributed by atoms with Crippen molar-refractivity contribution in [2.24, 2.45) is 7.05 Å². The van der Waals surface area contributed by atoms with Crippen LogP contribution in [0.3, 0.4) is 0 Å². The summed E-state index contributed by atoms with van der Waals surface area (Å²) in [6.07, 6.45) is 6.50. The second kappa shape index (κ2) is 5.44. The minimum atomic E-state index is -0.0306. The molecule has 0 unspecified atom stereocenters. The molecule has 0 spiro atoms. The third-order valence-corrected chi connectivity index (χ3v) is 2.58. The molecule has 2 aromatic heterocycles. The van der Waals surface area contributed by atoms with Crippen molar-refractivity contribution in [3.63, 3.8) is 0 Å². The van der Waals surface area contributed by atoms with E-state index in [1.807, 2.05) is 32.3 Å². The summed E-state index contributed by atoms with van der Waals surface area (Å²) in [5.74, 6) is 0.572. The van der Waals surface area contributed by atoms with Crippen molar-refractivity contribution in [3.05, 3.63) is 41.9 Å². The first kappa shape index (κ1) is 12.3. The maximum absolute atomic E-state index is 11.7. The van der Waals surface area contributed by atoms with Gasteiger partial charge in [0.15, 0.2) is 0 Å². The van der Waals surface area contributed by atoms with Gasteiger partial charge in [0, 0.05) is 25.9 Å². The van der Waals surface area contributed by atoms with E-state index in [2.05, 4.69) is 15.4 Å². The van der Waals surface area contributed by atoms with Crippen molar-refractivity contribution in [2.75, 3.05) is 5.32 Å². The number of hydrogen-bond acceptors (Lipinski definition) is 3. The Morgan fingerprint density at radius 3 is 3.00 bits per heavy atom. The van der Waals surface area contributed by atoms with Crippen LogP contribution in [0.2, 0.25) is 0 Å². The molecule has 0 saturated carbocycles. The predicted molar refractivity (Wildman–Crippen MR) is 69.1 cm³/mol. The van der Waals surface area contributed by atoms with Gasteiger partial charge in [0.1, 0.15) is 5.82 Å². The zero-order chi connectivity index (χ0) is 13.0. The van der Waals surface area contributed by atoms with Crippen molar-refractivity contribution in [1.82, 2.24) is 14.8 Å². The molecular weight excluding hydrogens is 228 g/mol. The van der Waals surface area contributed by atoms with Gasteiger partial charge in [-0.2, -0.15) is 5.10 Å². The first-order chi connectivity index (χ1) is 8.63. The summed E-state index contributed by atoms with van der Waals surface area (Å²) < 4.78 is 1.73. The fraction of sp³-hybridized carbons (Fsp3) is 0.308.